The maximum atomic E-state index is 11.8. The van der Waals surface area contributed by atoms with Crippen molar-refractivity contribution < 1.29 is 14.3 Å². The highest BCUT2D eigenvalue weighted by Gasteiger charge is 2.22. The van der Waals surface area contributed by atoms with Crippen LogP contribution in [0.1, 0.15) is 6.42 Å². The number of carbonyl (C=O) groups is 1. The standard InChI is InChI=1S/C18H21N7O3S/c1-20-14(26)4-5-25-17-15(16(19)21-8-22-17)23-18(25)29-13-7-12-11(27-9-28-12)6-10(13)24(2)3/h6-8H,4-5,9H2,1-3H3,(H,20,26)(H2,19,21,22). The lowest BCUT2D eigenvalue weighted by molar-refractivity contribution is -0.120. The topological polar surface area (TPSA) is 120 Å². The third-order valence-electron chi connectivity index (χ3n) is 4.50. The highest BCUT2D eigenvalue weighted by Crippen LogP contribution is 2.44. The molecule has 0 fully saturated rings. The van der Waals surface area contributed by atoms with Crippen LogP contribution in [-0.2, 0) is 11.3 Å². The number of aryl methyl sites for hydroxylation is 1. The van der Waals surface area contributed by atoms with E-state index in [0.29, 0.717) is 46.6 Å². The molecule has 0 atom stereocenters. The first-order valence-electron chi connectivity index (χ1n) is 8.94. The molecule has 0 aliphatic carbocycles. The zero-order chi connectivity index (χ0) is 20.5. The van der Waals surface area contributed by atoms with Crippen LogP contribution < -0.4 is 25.4 Å². The van der Waals surface area contributed by atoms with Gasteiger partial charge in [0.25, 0.3) is 0 Å². The van der Waals surface area contributed by atoms with Crippen LogP contribution in [-0.4, -0.2) is 53.4 Å². The molecule has 3 N–H and O–H groups in total. The Morgan fingerprint density at radius 3 is 2.79 bits per heavy atom. The Hall–Kier alpha value is -3.21. The number of nitrogens with one attached hydrogen (secondary N) is 1. The number of nitrogens with two attached hydrogens (primary N) is 1. The fourth-order valence-electron chi connectivity index (χ4n) is 2.99. The number of carbonyl (C=O) groups excluding carboxylic acids is 1. The Bertz CT molecular complexity index is 1080. The van der Waals surface area contributed by atoms with Crippen LogP contribution in [0.5, 0.6) is 11.5 Å². The molecule has 10 nitrogen and oxygen atoms in total. The summed E-state index contributed by atoms with van der Waals surface area (Å²) in [6.45, 7) is 0.615. The number of aromatic nitrogens is 4. The number of fused-ring (bicyclic) bond motifs is 2. The van der Waals surface area contributed by atoms with Gasteiger partial charge in [-0.25, -0.2) is 15.0 Å². The Morgan fingerprint density at radius 2 is 2.07 bits per heavy atom. The molecule has 0 saturated heterocycles. The van der Waals surface area contributed by atoms with Gasteiger partial charge in [0.05, 0.1) is 5.69 Å². The number of anilines is 2. The van der Waals surface area contributed by atoms with Crippen LogP contribution in [0.25, 0.3) is 11.2 Å². The first-order valence-corrected chi connectivity index (χ1v) is 9.75. The lowest BCUT2D eigenvalue weighted by Gasteiger charge is -2.18. The summed E-state index contributed by atoms with van der Waals surface area (Å²) in [5.74, 6) is 1.63. The molecule has 152 valence electrons. The van der Waals surface area contributed by atoms with E-state index < -0.39 is 0 Å². The summed E-state index contributed by atoms with van der Waals surface area (Å²) in [6.07, 6.45) is 1.69. The Labute approximate surface area is 171 Å². The molecule has 3 aromatic rings. The molecule has 4 rings (SSSR count). The van der Waals surface area contributed by atoms with Gasteiger partial charge in [0.1, 0.15) is 6.33 Å². The molecule has 2 aromatic heterocycles. The van der Waals surface area contributed by atoms with Crippen molar-refractivity contribution in [2.45, 2.75) is 23.0 Å². The minimum Gasteiger partial charge on any atom is -0.454 e. The summed E-state index contributed by atoms with van der Waals surface area (Å²) in [6, 6.07) is 3.87. The van der Waals surface area contributed by atoms with E-state index in [1.807, 2.05) is 35.7 Å². The molecule has 1 aliphatic heterocycles. The van der Waals surface area contributed by atoms with Gasteiger partial charge in [-0.3, -0.25) is 4.79 Å². The average molecular weight is 415 g/mol. The fraction of sp³-hybridized carbons (Fsp3) is 0.333. The van der Waals surface area contributed by atoms with Crippen LogP contribution >= 0.6 is 11.8 Å². The van der Waals surface area contributed by atoms with E-state index >= 15 is 0 Å². The number of hydrogen-bond acceptors (Lipinski definition) is 9. The third kappa shape index (κ3) is 3.60. The molecule has 11 heteroatoms. The largest absolute Gasteiger partial charge is 0.454 e. The number of nitrogen functional groups attached to an aromatic ring is 1. The molecule has 29 heavy (non-hydrogen) atoms. The summed E-state index contributed by atoms with van der Waals surface area (Å²) in [7, 11) is 5.53. The van der Waals surface area contributed by atoms with Crippen molar-refractivity contribution in [3.8, 4) is 11.5 Å². The first kappa shape index (κ1) is 19.1. The Kier molecular flexibility index (Phi) is 5.05. The maximum absolute atomic E-state index is 11.8. The van der Waals surface area contributed by atoms with Crippen molar-refractivity contribution in [1.82, 2.24) is 24.8 Å². The van der Waals surface area contributed by atoms with E-state index in [9.17, 15) is 4.79 Å². The average Bonchev–Trinajstić information content (AvgIpc) is 3.30. The lowest BCUT2D eigenvalue weighted by Crippen LogP contribution is -2.19. The lowest BCUT2D eigenvalue weighted by atomic mass is 10.2. The van der Waals surface area contributed by atoms with Crippen molar-refractivity contribution in [3.05, 3.63) is 18.5 Å². The molecule has 0 bridgehead atoms. The SMILES string of the molecule is CNC(=O)CCn1c(Sc2cc3c(cc2N(C)C)OCO3)nc2c(N)ncnc21. The number of benzene rings is 1. The van der Waals surface area contributed by atoms with Crippen LogP contribution in [0.3, 0.4) is 0 Å². The highest BCUT2D eigenvalue weighted by molar-refractivity contribution is 7.99. The van der Waals surface area contributed by atoms with Crippen molar-refractivity contribution >= 4 is 40.3 Å². The second-order valence-corrected chi connectivity index (χ2v) is 7.58. The first-order chi connectivity index (χ1) is 14.0. The Morgan fingerprint density at radius 1 is 1.31 bits per heavy atom. The minimum atomic E-state index is -0.0677. The van der Waals surface area contributed by atoms with Crippen molar-refractivity contribution in [2.24, 2.45) is 0 Å². The molecule has 1 aromatic carbocycles. The normalized spacial score (nSPS) is 12.4. The van der Waals surface area contributed by atoms with Gasteiger partial charge in [0, 0.05) is 51.1 Å². The van der Waals surface area contributed by atoms with Crippen LogP contribution in [0, 0.1) is 0 Å². The predicted octanol–water partition coefficient (Wildman–Crippen LogP) is 1.49. The molecule has 0 unspecified atom stereocenters. The van der Waals surface area contributed by atoms with E-state index in [1.165, 1.54) is 18.1 Å². The zero-order valence-electron chi connectivity index (χ0n) is 16.3. The maximum Gasteiger partial charge on any atom is 0.231 e. The second kappa shape index (κ2) is 7.66. The predicted molar refractivity (Wildman–Crippen MR) is 109 cm³/mol. The molecule has 1 amide bonds. The van der Waals surface area contributed by atoms with E-state index in [2.05, 4.69) is 20.3 Å². The number of amides is 1. The Balaban J connectivity index is 1.78. The molecule has 0 saturated carbocycles. The summed E-state index contributed by atoms with van der Waals surface area (Å²) < 4.78 is 12.9. The van der Waals surface area contributed by atoms with Crippen molar-refractivity contribution in [2.75, 3.05) is 38.6 Å². The van der Waals surface area contributed by atoms with E-state index in [0.717, 1.165) is 10.6 Å². The van der Waals surface area contributed by atoms with E-state index in [-0.39, 0.29) is 12.7 Å². The van der Waals surface area contributed by atoms with E-state index in [4.69, 9.17) is 15.2 Å². The minimum absolute atomic E-state index is 0.0677. The van der Waals surface area contributed by atoms with Crippen molar-refractivity contribution in [1.29, 1.82) is 0 Å². The monoisotopic (exact) mass is 415 g/mol. The third-order valence-corrected chi connectivity index (χ3v) is 5.54. The zero-order valence-corrected chi connectivity index (χ0v) is 17.1. The van der Waals surface area contributed by atoms with Gasteiger partial charge in [-0.2, -0.15) is 0 Å². The smallest absolute Gasteiger partial charge is 0.231 e. The second-order valence-electron chi connectivity index (χ2n) is 6.57. The number of nitrogens with zero attached hydrogens (tertiary/aromatic N) is 5. The number of rotatable bonds is 6. The molecule has 0 spiro atoms. The van der Waals surface area contributed by atoms with Gasteiger partial charge >= 0.3 is 0 Å². The molecular formula is C18H21N7O3S. The fourth-order valence-corrected chi connectivity index (χ4v) is 4.13. The van der Waals surface area contributed by atoms with Gasteiger partial charge in [-0.1, -0.05) is 0 Å². The van der Waals surface area contributed by atoms with Crippen molar-refractivity contribution in [3.63, 3.8) is 0 Å². The van der Waals surface area contributed by atoms with Gasteiger partial charge in [-0.05, 0) is 11.8 Å². The number of hydrogen-bond donors (Lipinski definition) is 2. The van der Waals surface area contributed by atoms with Crippen LogP contribution in [0.2, 0.25) is 0 Å². The molecular weight excluding hydrogens is 394 g/mol. The summed E-state index contributed by atoms with van der Waals surface area (Å²) >= 11 is 1.45. The van der Waals surface area contributed by atoms with Gasteiger partial charge < -0.3 is 30.0 Å². The molecule has 3 heterocycles. The highest BCUT2D eigenvalue weighted by atomic mass is 32.2. The quantitative estimate of drug-likeness (QED) is 0.617. The number of ether oxygens (including phenoxy) is 2. The number of imidazole rings is 1. The summed E-state index contributed by atoms with van der Waals surface area (Å²) in [5.41, 5.74) is 8.07. The van der Waals surface area contributed by atoms with E-state index in [1.54, 1.807) is 7.05 Å². The molecule has 0 radical (unpaired) electrons. The summed E-state index contributed by atoms with van der Waals surface area (Å²) in [4.78, 5) is 27.8. The van der Waals surface area contributed by atoms with Gasteiger partial charge in [-0.15, -0.1) is 0 Å². The summed E-state index contributed by atoms with van der Waals surface area (Å²) in [5, 5.41) is 3.30. The molecule has 1 aliphatic rings. The van der Waals surface area contributed by atoms with Gasteiger partial charge in [0.15, 0.2) is 33.6 Å². The van der Waals surface area contributed by atoms with Crippen LogP contribution in [0.15, 0.2) is 28.5 Å². The van der Waals surface area contributed by atoms with Crippen LogP contribution in [0.4, 0.5) is 11.5 Å². The van der Waals surface area contributed by atoms with Gasteiger partial charge in [0.2, 0.25) is 12.7 Å².